The second kappa shape index (κ2) is 3.04. The molecule has 1 aromatic heterocycles. The minimum Gasteiger partial charge on any atom is -0.370 e. The number of aromatic amines is 1. The maximum absolute atomic E-state index is 9.00. The summed E-state index contributed by atoms with van der Waals surface area (Å²) in [6.45, 7) is 2.34. The Morgan fingerprint density at radius 3 is 2.88 bits per heavy atom. The van der Waals surface area contributed by atoms with Gasteiger partial charge < -0.3 is 9.88 Å². The Bertz CT molecular complexity index is 639. The van der Waals surface area contributed by atoms with E-state index in [9.17, 15) is 0 Å². The molecule has 4 heterocycles. The van der Waals surface area contributed by atoms with Gasteiger partial charge in [-0.05, 0) is 31.0 Å². The molecular formula is C14H13N3. The van der Waals surface area contributed by atoms with Crippen molar-refractivity contribution in [3.05, 3.63) is 29.5 Å². The Morgan fingerprint density at radius 1 is 1.29 bits per heavy atom. The highest BCUT2D eigenvalue weighted by molar-refractivity contribution is 5.96. The standard InChI is InChI=1S/C14H13N3/c15-8-9-1-2-12-11(7-9)14-13(16-12)10-3-5-17(14)6-4-10/h1-2,7,10,16H,3-6H2. The molecule has 2 bridgehead atoms. The number of nitrogens with zero attached hydrogens (tertiary/aromatic N) is 2. The fourth-order valence-corrected chi connectivity index (χ4v) is 3.30. The Morgan fingerprint density at radius 2 is 2.12 bits per heavy atom. The lowest BCUT2D eigenvalue weighted by atomic mass is 9.87. The van der Waals surface area contributed by atoms with Gasteiger partial charge >= 0.3 is 0 Å². The molecule has 3 aliphatic rings. The Balaban J connectivity index is 2.06. The summed E-state index contributed by atoms with van der Waals surface area (Å²) in [7, 11) is 0. The Kier molecular flexibility index (Phi) is 1.63. The van der Waals surface area contributed by atoms with E-state index in [-0.39, 0.29) is 0 Å². The van der Waals surface area contributed by atoms with Crippen LogP contribution in [-0.4, -0.2) is 18.1 Å². The molecule has 0 atom stereocenters. The third kappa shape index (κ3) is 1.10. The van der Waals surface area contributed by atoms with Crippen LogP contribution in [-0.2, 0) is 0 Å². The largest absolute Gasteiger partial charge is 0.370 e. The highest BCUT2D eigenvalue weighted by Crippen LogP contribution is 2.45. The van der Waals surface area contributed by atoms with Crippen LogP contribution in [0, 0.1) is 11.3 Å². The molecule has 1 N–H and O–H groups in total. The number of anilines is 1. The van der Waals surface area contributed by atoms with Crippen LogP contribution < -0.4 is 4.90 Å². The van der Waals surface area contributed by atoms with Gasteiger partial charge in [0.25, 0.3) is 0 Å². The molecule has 5 rings (SSSR count). The van der Waals surface area contributed by atoms with Crippen molar-refractivity contribution in [1.82, 2.24) is 4.98 Å². The molecule has 0 saturated carbocycles. The first-order valence-electron chi connectivity index (χ1n) is 6.17. The fraction of sp³-hybridized carbons (Fsp3) is 0.357. The number of nitriles is 1. The smallest absolute Gasteiger partial charge is 0.0991 e. The van der Waals surface area contributed by atoms with E-state index >= 15 is 0 Å². The van der Waals surface area contributed by atoms with E-state index in [0.717, 1.165) is 5.56 Å². The SMILES string of the molecule is N#Cc1ccc2[nH]c3c(c2c1)N1CCC3CC1. The molecule has 0 spiro atoms. The van der Waals surface area contributed by atoms with Crippen LogP contribution in [0.4, 0.5) is 5.69 Å². The van der Waals surface area contributed by atoms with E-state index in [0.29, 0.717) is 5.92 Å². The number of nitrogens with one attached hydrogen (secondary N) is 1. The maximum atomic E-state index is 9.00. The first-order valence-corrected chi connectivity index (χ1v) is 6.17. The quantitative estimate of drug-likeness (QED) is 0.746. The fourth-order valence-electron chi connectivity index (χ4n) is 3.30. The van der Waals surface area contributed by atoms with Crippen LogP contribution in [0.2, 0.25) is 0 Å². The minimum absolute atomic E-state index is 0.702. The Hall–Kier alpha value is -1.95. The molecule has 0 unspecified atom stereocenters. The van der Waals surface area contributed by atoms with Crippen molar-refractivity contribution in [3.63, 3.8) is 0 Å². The van der Waals surface area contributed by atoms with Gasteiger partial charge in [-0.2, -0.15) is 5.26 Å². The number of piperidine rings is 1. The third-order valence-electron chi connectivity index (χ3n) is 4.15. The van der Waals surface area contributed by atoms with Crippen molar-refractivity contribution >= 4 is 16.6 Å². The first-order chi connectivity index (χ1) is 8.36. The van der Waals surface area contributed by atoms with Crippen LogP contribution in [0.1, 0.15) is 30.0 Å². The summed E-state index contributed by atoms with van der Waals surface area (Å²) in [4.78, 5) is 6.02. The summed E-state index contributed by atoms with van der Waals surface area (Å²) in [5, 5.41) is 10.2. The van der Waals surface area contributed by atoms with Crippen molar-refractivity contribution < 1.29 is 0 Å². The predicted octanol–water partition coefficient (Wildman–Crippen LogP) is 2.74. The average Bonchev–Trinajstić information content (AvgIpc) is 2.80. The number of hydrogen-bond acceptors (Lipinski definition) is 2. The van der Waals surface area contributed by atoms with Gasteiger partial charge in [0.15, 0.2) is 0 Å². The monoisotopic (exact) mass is 223 g/mol. The van der Waals surface area contributed by atoms with E-state index < -0.39 is 0 Å². The van der Waals surface area contributed by atoms with Gasteiger partial charge in [-0.3, -0.25) is 0 Å². The minimum atomic E-state index is 0.702. The average molecular weight is 223 g/mol. The van der Waals surface area contributed by atoms with Crippen LogP contribution >= 0.6 is 0 Å². The molecule has 2 aromatic rings. The van der Waals surface area contributed by atoms with Crippen molar-refractivity contribution in [2.45, 2.75) is 18.8 Å². The van der Waals surface area contributed by atoms with Gasteiger partial charge in [-0.15, -0.1) is 0 Å². The highest BCUT2D eigenvalue weighted by Gasteiger charge is 2.33. The second-order valence-electron chi connectivity index (χ2n) is 5.02. The van der Waals surface area contributed by atoms with Gasteiger partial charge in [-0.1, -0.05) is 0 Å². The lowest BCUT2D eigenvalue weighted by Gasteiger charge is -2.40. The van der Waals surface area contributed by atoms with Gasteiger partial charge in [0, 0.05) is 35.6 Å². The second-order valence-corrected chi connectivity index (χ2v) is 5.02. The van der Waals surface area contributed by atoms with Gasteiger partial charge in [0.2, 0.25) is 0 Å². The summed E-state index contributed by atoms with van der Waals surface area (Å²) in [6.07, 6.45) is 2.54. The molecule has 0 radical (unpaired) electrons. The molecule has 0 amide bonds. The first kappa shape index (κ1) is 9.12. The molecular weight excluding hydrogens is 210 g/mol. The summed E-state index contributed by atoms with van der Waals surface area (Å²) >= 11 is 0. The summed E-state index contributed by atoms with van der Waals surface area (Å²) in [5.41, 5.74) is 4.68. The topological polar surface area (TPSA) is 42.8 Å². The maximum Gasteiger partial charge on any atom is 0.0991 e. The normalized spacial score (nSPS) is 18.4. The zero-order valence-electron chi connectivity index (χ0n) is 9.53. The number of aromatic nitrogens is 1. The Labute approximate surface area is 99.7 Å². The molecule has 17 heavy (non-hydrogen) atoms. The summed E-state index contributed by atoms with van der Waals surface area (Å²) in [5.74, 6) is 0.702. The van der Waals surface area contributed by atoms with E-state index in [1.165, 1.54) is 48.2 Å². The molecule has 84 valence electrons. The lowest BCUT2D eigenvalue weighted by molar-refractivity contribution is 0.469. The summed E-state index contributed by atoms with van der Waals surface area (Å²) in [6, 6.07) is 8.17. The van der Waals surface area contributed by atoms with E-state index in [4.69, 9.17) is 5.26 Å². The van der Waals surface area contributed by atoms with Crippen molar-refractivity contribution in [2.24, 2.45) is 0 Å². The molecule has 1 fully saturated rings. The lowest BCUT2D eigenvalue weighted by Crippen LogP contribution is -2.38. The zero-order valence-corrected chi connectivity index (χ0v) is 9.53. The van der Waals surface area contributed by atoms with Crippen LogP contribution in [0.25, 0.3) is 10.9 Å². The summed E-state index contributed by atoms with van der Waals surface area (Å²) < 4.78 is 0. The van der Waals surface area contributed by atoms with Crippen LogP contribution in [0.3, 0.4) is 0 Å². The molecule has 0 aliphatic carbocycles. The molecule has 3 aliphatic heterocycles. The van der Waals surface area contributed by atoms with Crippen LogP contribution in [0.15, 0.2) is 18.2 Å². The van der Waals surface area contributed by atoms with Gasteiger partial charge in [0.05, 0.1) is 17.3 Å². The van der Waals surface area contributed by atoms with E-state index in [1.807, 2.05) is 18.2 Å². The number of benzene rings is 1. The van der Waals surface area contributed by atoms with Crippen molar-refractivity contribution in [1.29, 1.82) is 5.26 Å². The van der Waals surface area contributed by atoms with Crippen LogP contribution in [0.5, 0.6) is 0 Å². The van der Waals surface area contributed by atoms with Crippen molar-refractivity contribution in [3.8, 4) is 6.07 Å². The molecule has 3 nitrogen and oxygen atoms in total. The van der Waals surface area contributed by atoms with Gasteiger partial charge in [-0.25, -0.2) is 0 Å². The third-order valence-corrected chi connectivity index (χ3v) is 4.15. The number of hydrogen-bond donors (Lipinski definition) is 1. The number of fused-ring (bicyclic) bond motifs is 3. The molecule has 3 heteroatoms. The van der Waals surface area contributed by atoms with E-state index in [1.54, 1.807) is 0 Å². The predicted molar refractivity (Wildman–Crippen MR) is 67.2 cm³/mol. The highest BCUT2D eigenvalue weighted by atomic mass is 15.2. The number of rotatable bonds is 0. The zero-order chi connectivity index (χ0) is 11.4. The van der Waals surface area contributed by atoms with Gasteiger partial charge in [0.1, 0.15) is 0 Å². The van der Waals surface area contributed by atoms with Crippen molar-refractivity contribution in [2.75, 3.05) is 18.0 Å². The number of H-pyrrole nitrogens is 1. The van der Waals surface area contributed by atoms with E-state index in [2.05, 4.69) is 16.0 Å². The molecule has 1 saturated heterocycles. The molecule has 1 aromatic carbocycles.